The number of benzene rings is 2. The molecule has 0 aliphatic rings. The Hall–Kier alpha value is -3.64. The number of carbonyl (C=O) groups excluding carboxylic acids is 1. The zero-order chi connectivity index (χ0) is 23.6. The quantitative estimate of drug-likeness (QED) is 0.379. The molecule has 6 nitrogen and oxygen atoms in total. The predicted molar refractivity (Wildman–Crippen MR) is 131 cm³/mol. The van der Waals surface area contributed by atoms with E-state index in [2.05, 4.69) is 23.2 Å². The molecule has 4 aromatic rings. The summed E-state index contributed by atoms with van der Waals surface area (Å²) in [6.07, 6.45) is 3.91. The van der Waals surface area contributed by atoms with Gasteiger partial charge in [-0.15, -0.1) is 0 Å². The van der Waals surface area contributed by atoms with E-state index in [1.165, 1.54) is 0 Å². The average molecular weight is 446 g/mol. The van der Waals surface area contributed by atoms with Crippen molar-refractivity contribution in [2.45, 2.75) is 40.3 Å². The number of para-hydroxylation sites is 1. The van der Waals surface area contributed by atoms with Crippen molar-refractivity contribution < 1.29 is 14.3 Å². The Morgan fingerprint density at radius 3 is 2.64 bits per heavy atom. The lowest BCUT2D eigenvalue weighted by Crippen LogP contribution is -2.09. The van der Waals surface area contributed by atoms with Gasteiger partial charge in [0.25, 0.3) is 0 Å². The highest BCUT2D eigenvalue weighted by molar-refractivity contribution is 5.73. The lowest BCUT2D eigenvalue weighted by Gasteiger charge is -2.13. The molecule has 0 spiro atoms. The highest BCUT2D eigenvalue weighted by Crippen LogP contribution is 2.25. The van der Waals surface area contributed by atoms with Crippen molar-refractivity contribution >= 4 is 11.6 Å². The Bertz CT molecular complexity index is 1200. The molecule has 0 fully saturated rings. The van der Waals surface area contributed by atoms with Gasteiger partial charge in [-0.3, -0.25) is 9.20 Å². The third kappa shape index (κ3) is 5.99. The zero-order valence-corrected chi connectivity index (χ0v) is 19.5. The molecular weight excluding hydrogens is 414 g/mol. The van der Waals surface area contributed by atoms with Crippen molar-refractivity contribution in [2.24, 2.45) is 5.73 Å². The van der Waals surface area contributed by atoms with Crippen LogP contribution in [-0.4, -0.2) is 22.0 Å². The first-order chi connectivity index (χ1) is 16.2. The van der Waals surface area contributed by atoms with E-state index in [-0.39, 0.29) is 12.4 Å². The van der Waals surface area contributed by atoms with Gasteiger partial charge in [0.1, 0.15) is 18.0 Å². The minimum absolute atomic E-state index is 0.181. The molecule has 0 amide bonds. The van der Waals surface area contributed by atoms with Crippen molar-refractivity contribution in [3.63, 3.8) is 0 Å². The fourth-order valence-corrected chi connectivity index (χ4v) is 3.56. The summed E-state index contributed by atoms with van der Waals surface area (Å²) in [5, 5.41) is 0. The lowest BCUT2D eigenvalue weighted by molar-refractivity contribution is -0.142. The number of rotatable bonds is 8. The maximum Gasteiger partial charge on any atom is 0.310 e. The van der Waals surface area contributed by atoms with Crippen LogP contribution < -0.4 is 10.5 Å². The molecule has 6 heteroatoms. The van der Waals surface area contributed by atoms with Crippen LogP contribution in [0.3, 0.4) is 0 Å². The number of nitrogens with two attached hydrogens (primary N) is 1. The number of carbonyl (C=O) groups is 1. The van der Waals surface area contributed by atoms with Crippen LogP contribution in [0.15, 0.2) is 73.1 Å². The number of fused-ring (bicyclic) bond motifs is 1. The highest BCUT2D eigenvalue weighted by atomic mass is 16.5. The molecule has 0 aliphatic carbocycles. The Balaban J connectivity index is 0.00000149. The van der Waals surface area contributed by atoms with Crippen LogP contribution in [-0.2, 0) is 29.1 Å². The van der Waals surface area contributed by atoms with Crippen LogP contribution in [0.2, 0.25) is 0 Å². The summed E-state index contributed by atoms with van der Waals surface area (Å²) in [5.41, 5.74) is 11.6. The monoisotopic (exact) mass is 445 g/mol. The van der Waals surface area contributed by atoms with Gasteiger partial charge in [-0.2, -0.15) is 0 Å². The van der Waals surface area contributed by atoms with Crippen molar-refractivity contribution in [3.05, 3.63) is 89.7 Å². The molecule has 2 aromatic heterocycles. The molecule has 0 saturated heterocycles. The number of pyridine rings is 1. The second-order valence-electron chi connectivity index (χ2n) is 7.19. The van der Waals surface area contributed by atoms with Gasteiger partial charge in [-0.1, -0.05) is 50.2 Å². The second-order valence-corrected chi connectivity index (χ2v) is 7.19. The Morgan fingerprint density at radius 1 is 1.03 bits per heavy atom. The smallest absolute Gasteiger partial charge is 0.310 e. The van der Waals surface area contributed by atoms with Crippen molar-refractivity contribution in [2.75, 3.05) is 6.61 Å². The summed E-state index contributed by atoms with van der Waals surface area (Å²) < 4.78 is 13.2. The molecule has 33 heavy (non-hydrogen) atoms. The van der Waals surface area contributed by atoms with E-state index in [9.17, 15) is 4.79 Å². The molecule has 4 rings (SSSR count). The molecule has 0 radical (unpaired) electrons. The number of nitrogens with zero attached hydrogens (tertiary/aromatic N) is 2. The number of hydrogen-bond acceptors (Lipinski definition) is 5. The first-order valence-electron chi connectivity index (χ1n) is 11.3. The van der Waals surface area contributed by atoms with Crippen LogP contribution in [0.5, 0.6) is 5.75 Å². The number of hydrogen-bond donors (Lipinski definition) is 1. The molecule has 0 atom stereocenters. The number of esters is 1. The number of imidazole rings is 1. The molecule has 0 aliphatic heterocycles. The molecule has 0 bridgehead atoms. The van der Waals surface area contributed by atoms with Gasteiger partial charge in [0.05, 0.1) is 18.7 Å². The Labute approximate surface area is 195 Å². The molecule has 2 heterocycles. The molecular formula is C27H31N3O3. The summed E-state index contributed by atoms with van der Waals surface area (Å²) in [5.74, 6) is 0.407. The van der Waals surface area contributed by atoms with Gasteiger partial charge in [0.2, 0.25) is 0 Å². The molecule has 172 valence electrons. The second kappa shape index (κ2) is 11.8. The van der Waals surface area contributed by atoms with Gasteiger partial charge in [-0.25, -0.2) is 4.98 Å². The minimum atomic E-state index is -0.264. The van der Waals surface area contributed by atoms with Crippen LogP contribution in [0.1, 0.15) is 37.5 Å². The van der Waals surface area contributed by atoms with Crippen molar-refractivity contribution in [1.82, 2.24) is 9.38 Å². The first kappa shape index (κ1) is 24.0. The topological polar surface area (TPSA) is 78.8 Å². The third-order valence-electron chi connectivity index (χ3n) is 5.03. The zero-order valence-electron chi connectivity index (χ0n) is 19.5. The molecule has 0 saturated carbocycles. The summed E-state index contributed by atoms with van der Waals surface area (Å²) in [6.45, 7) is 7.00. The van der Waals surface area contributed by atoms with Crippen LogP contribution in [0, 0.1) is 0 Å². The average Bonchev–Trinajstić information content (AvgIpc) is 3.33. The van der Waals surface area contributed by atoms with Gasteiger partial charge in [0.15, 0.2) is 0 Å². The normalized spacial score (nSPS) is 10.4. The highest BCUT2D eigenvalue weighted by Gasteiger charge is 2.12. The van der Waals surface area contributed by atoms with Crippen LogP contribution >= 0.6 is 0 Å². The summed E-state index contributed by atoms with van der Waals surface area (Å²) in [7, 11) is 0. The molecule has 2 N–H and O–H groups in total. The number of aromatic nitrogens is 2. The Kier molecular flexibility index (Phi) is 8.61. The number of ether oxygens (including phenoxy) is 2. The lowest BCUT2D eigenvalue weighted by atomic mass is 10.1. The van der Waals surface area contributed by atoms with Gasteiger partial charge in [0, 0.05) is 24.5 Å². The summed E-state index contributed by atoms with van der Waals surface area (Å²) in [6, 6.07) is 19.8. The maximum atomic E-state index is 11.9. The molecule has 2 aromatic carbocycles. The Morgan fingerprint density at radius 2 is 1.85 bits per heavy atom. The summed E-state index contributed by atoms with van der Waals surface area (Å²) in [4.78, 5) is 16.4. The SMILES string of the molecule is CC.CCOC(=O)Cc1ccccc1OCc1cc(-c2cccc(CN)c2)n2ccnc2c1. The molecule has 0 unspecified atom stereocenters. The first-order valence-corrected chi connectivity index (χ1v) is 11.3. The van der Waals surface area contributed by atoms with Gasteiger partial charge >= 0.3 is 5.97 Å². The largest absolute Gasteiger partial charge is 0.489 e. The maximum absolute atomic E-state index is 11.9. The third-order valence-corrected chi connectivity index (χ3v) is 5.03. The van der Waals surface area contributed by atoms with Crippen molar-refractivity contribution in [3.8, 4) is 17.0 Å². The van der Waals surface area contributed by atoms with E-state index >= 15 is 0 Å². The predicted octanol–water partition coefficient (Wildman–Crippen LogP) is 5.17. The minimum Gasteiger partial charge on any atom is -0.489 e. The fourth-order valence-electron chi connectivity index (χ4n) is 3.56. The van der Waals surface area contributed by atoms with Crippen molar-refractivity contribution in [1.29, 1.82) is 0 Å². The van der Waals surface area contributed by atoms with E-state index in [4.69, 9.17) is 15.2 Å². The fraction of sp³-hybridized carbons (Fsp3) is 0.259. The standard InChI is InChI=1S/C25H25N3O3.C2H6/c1-2-30-25(29)15-21-7-3-4-9-23(21)31-17-19-13-22(28-11-10-27-24(28)14-19)20-8-5-6-18(12-20)16-26;1-2/h3-14H,2,15-17,26H2,1H3;1-2H3. The summed E-state index contributed by atoms with van der Waals surface area (Å²) >= 11 is 0. The van der Waals surface area contributed by atoms with E-state index in [1.54, 1.807) is 13.1 Å². The van der Waals surface area contributed by atoms with E-state index in [0.29, 0.717) is 25.5 Å². The van der Waals surface area contributed by atoms with Gasteiger partial charge in [-0.05, 0) is 47.9 Å². The van der Waals surface area contributed by atoms with Crippen LogP contribution in [0.25, 0.3) is 16.9 Å². The van der Waals surface area contributed by atoms with Gasteiger partial charge < -0.3 is 15.2 Å². The van der Waals surface area contributed by atoms with Crippen LogP contribution in [0.4, 0.5) is 0 Å². The van der Waals surface area contributed by atoms with E-state index < -0.39 is 0 Å². The van der Waals surface area contributed by atoms with E-state index in [0.717, 1.165) is 33.6 Å². The van der Waals surface area contributed by atoms with E-state index in [1.807, 2.05) is 66.9 Å².